The fourth-order valence-corrected chi connectivity index (χ4v) is 3.01. The van der Waals surface area contributed by atoms with E-state index in [0.29, 0.717) is 0 Å². The molecule has 0 radical (unpaired) electrons. The fourth-order valence-electron chi connectivity index (χ4n) is 3.01. The second-order valence-electron chi connectivity index (χ2n) is 5.93. The van der Waals surface area contributed by atoms with Gasteiger partial charge in [0.2, 0.25) is 0 Å². The Kier molecular flexibility index (Phi) is 4.43. The van der Waals surface area contributed by atoms with Gasteiger partial charge in [-0.25, -0.2) is 0 Å². The van der Waals surface area contributed by atoms with Crippen LogP contribution in [0, 0.1) is 29.6 Å². The number of rotatable bonds is 4. The van der Waals surface area contributed by atoms with Gasteiger partial charge < -0.3 is 0 Å². The Morgan fingerprint density at radius 1 is 1.27 bits per heavy atom. The fraction of sp³-hybridized carbons (Fsp3) is 0.867. The third-order valence-corrected chi connectivity index (χ3v) is 4.81. The number of hydrogen-bond acceptors (Lipinski definition) is 0. The maximum Gasteiger partial charge on any atom is -0.0206 e. The van der Waals surface area contributed by atoms with Crippen molar-refractivity contribution in [2.45, 2.75) is 53.9 Å². The lowest BCUT2D eigenvalue weighted by Gasteiger charge is -2.28. The molecular formula is C15H28. The first-order valence-electron chi connectivity index (χ1n) is 6.65. The van der Waals surface area contributed by atoms with Gasteiger partial charge in [0.1, 0.15) is 0 Å². The maximum absolute atomic E-state index is 4.24. The van der Waals surface area contributed by atoms with Crippen molar-refractivity contribution in [1.82, 2.24) is 0 Å². The summed E-state index contributed by atoms with van der Waals surface area (Å²) >= 11 is 0. The van der Waals surface area contributed by atoms with E-state index in [-0.39, 0.29) is 0 Å². The summed E-state index contributed by atoms with van der Waals surface area (Å²) in [6, 6.07) is 0. The van der Waals surface area contributed by atoms with E-state index < -0.39 is 0 Å². The van der Waals surface area contributed by atoms with E-state index in [9.17, 15) is 0 Å². The van der Waals surface area contributed by atoms with Crippen LogP contribution < -0.4 is 0 Å². The second-order valence-corrected chi connectivity index (χ2v) is 5.93. The Labute approximate surface area is 96.2 Å². The summed E-state index contributed by atoms with van der Waals surface area (Å²) < 4.78 is 0. The summed E-state index contributed by atoms with van der Waals surface area (Å²) in [4.78, 5) is 0. The predicted molar refractivity (Wildman–Crippen MR) is 68.8 cm³/mol. The van der Waals surface area contributed by atoms with Crippen LogP contribution in [0.3, 0.4) is 0 Å². The Balaban J connectivity index is 2.56. The summed E-state index contributed by atoms with van der Waals surface area (Å²) in [6.45, 7) is 16.1. The molecule has 0 spiro atoms. The molecule has 88 valence electrons. The normalized spacial score (nSPS) is 30.9. The van der Waals surface area contributed by atoms with Crippen LogP contribution in [-0.2, 0) is 0 Å². The van der Waals surface area contributed by atoms with E-state index in [1.54, 1.807) is 0 Å². The largest absolute Gasteiger partial charge is 0.0996 e. The molecule has 1 fully saturated rings. The minimum Gasteiger partial charge on any atom is -0.0996 e. The van der Waals surface area contributed by atoms with Crippen LogP contribution in [0.15, 0.2) is 12.2 Å². The Hall–Kier alpha value is -0.260. The van der Waals surface area contributed by atoms with Gasteiger partial charge in [-0.15, -0.1) is 0 Å². The van der Waals surface area contributed by atoms with Gasteiger partial charge in [0.05, 0.1) is 0 Å². The summed E-state index contributed by atoms with van der Waals surface area (Å²) in [7, 11) is 0. The van der Waals surface area contributed by atoms with Gasteiger partial charge in [0.25, 0.3) is 0 Å². The zero-order valence-electron chi connectivity index (χ0n) is 11.2. The van der Waals surface area contributed by atoms with E-state index in [4.69, 9.17) is 0 Å². The van der Waals surface area contributed by atoms with Gasteiger partial charge in [-0.3, -0.25) is 0 Å². The number of hydrogen-bond donors (Lipinski definition) is 0. The molecule has 0 amide bonds. The van der Waals surface area contributed by atoms with E-state index >= 15 is 0 Å². The molecule has 0 bridgehead atoms. The third-order valence-electron chi connectivity index (χ3n) is 4.81. The van der Waals surface area contributed by atoms with Crippen LogP contribution >= 0.6 is 0 Å². The van der Waals surface area contributed by atoms with Crippen LogP contribution in [0.1, 0.15) is 53.9 Å². The SMILES string of the molecule is C=C1C[C@H](C(C)C(C)C(C)C)CC1CC. The lowest BCUT2D eigenvalue weighted by atomic mass is 9.77. The lowest BCUT2D eigenvalue weighted by Crippen LogP contribution is -2.21. The molecule has 4 atom stereocenters. The van der Waals surface area contributed by atoms with Gasteiger partial charge >= 0.3 is 0 Å². The second kappa shape index (κ2) is 5.18. The Morgan fingerprint density at radius 2 is 1.87 bits per heavy atom. The first kappa shape index (κ1) is 12.8. The first-order valence-corrected chi connectivity index (χ1v) is 6.65. The molecule has 1 saturated carbocycles. The molecule has 0 saturated heterocycles. The molecule has 0 heteroatoms. The summed E-state index contributed by atoms with van der Waals surface area (Å²) in [5, 5.41) is 0. The van der Waals surface area contributed by atoms with Crippen LogP contribution in [0.4, 0.5) is 0 Å². The lowest BCUT2D eigenvalue weighted by molar-refractivity contribution is 0.210. The van der Waals surface area contributed by atoms with Crippen molar-refractivity contribution in [3.05, 3.63) is 12.2 Å². The maximum atomic E-state index is 4.24. The van der Waals surface area contributed by atoms with Crippen molar-refractivity contribution in [2.75, 3.05) is 0 Å². The van der Waals surface area contributed by atoms with Crippen LogP contribution in [0.5, 0.6) is 0 Å². The summed E-state index contributed by atoms with van der Waals surface area (Å²) in [5.74, 6) is 4.24. The van der Waals surface area contributed by atoms with Gasteiger partial charge in [-0.2, -0.15) is 0 Å². The molecule has 0 aliphatic heterocycles. The van der Waals surface area contributed by atoms with E-state index in [1.807, 2.05) is 0 Å². The molecule has 3 unspecified atom stereocenters. The van der Waals surface area contributed by atoms with Gasteiger partial charge in [0.15, 0.2) is 0 Å². The predicted octanol–water partition coefficient (Wildman–Crippen LogP) is 4.91. The topological polar surface area (TPSA) is 0 Å². The van der Waals surface area contributed by atoms with Crippen LogP contribution in [0.2, 0.25) is 0 Å². The molecule has 1 aliphatic carbocycles. The molecule has 1 rings (SSSR count). The molecule has 0 aromatic carbocycles. The van der Waals surface area contributed by atoms with Crippen molar-refractivity contribution >= 4 is 0 Å². The molecule has 1 aliphatic rings. The van der Waals surface area contributed by atoms with Crippen molar-refractivity contribution in [3.8, 4) is 0 Å². The standard InChI is InChI=1S/C15H28/c1-7-14-9-15(8-11(14)4)13(6)12(5)10(2)3/h10,12-15H,4,7-9H2,1-3,5-6H3/t12?,13?,14?,15-/m0/s1. The van der Waals surface area contributed by atoms with E-state index in [2.05, 4.69) is 41.2 Å². The molecule has 0 N–H and O–H groups in total. The van der Waals surface area contributed by atoms with E-state index in [1.165, 1.54) is 24.8 Å². The summed E-state index contributed by atoms with van der Waals surface area (Å²) in [5.41, 5.74) is 1.52. The minimum absolute atomic E-state index is 0.814. The Bertz CT molecular complexity index is 214. The van der Waals surface area contributed by atoms with Gasteiger partial charge in [-0.1, -0.05) is 46.8 Å². The smallest absolute Gasteiger partial charge is 0.0206 e. The average Bonchev–Trinajstić information content (AvgIpc) is 2.57. The van der Waals surface area contributed by atoms with Gasteiger partial charge in [-0.05, 0) is 48.9 Å². The van der Waals surface area contributed by atoms with Crippen molar-refractivity contribution < 1.29 is 0 Å². The monoisotopic (exact) mass is 208 g/mol. The molecule has 0 heterocycles. The Morgan fingerprint density at radius 3 is 2.27 bits per heavy atom. The molecular weight excluding hydrogens is 180 g/mol. The highest BCUT2D eigenvalue weighted by Crippen LogP contribution is 2.43. The van der Waals surface area contributed by atoms with Crippen LogP contribution in [0.25, 0.3) is 0 Å². The van der Waals surface area contributed by atoms with E-state index in [0.717, 1.165) is 29.6 Å². The first-order chi connectivity index (χ1) is 6.97. The van der Waals surface area contributed by atoms with Crippen molar-refractivity contribution in [3.63, 3.8) is 0 Å². The van der Waals surface area contributed by atoms with Crippen molar-refractivity contribution in [1.29, 1.82) is 0 Å². The van der Waals surface area contributed by atoms with Crippen LogP contribution in [-0.4, -0.2) is 0 Å². The average molecular weight is 208 g/mol. The zero-order valence-corrected chi connectivity index (χ0v) is 11.2. The molecule has 15 heavy (non-hydrogen) atoms. The minimum atomic E-state index is 0.814. The third kappa shape index (κ3) is 2.86. The van der Waals surface area contributed by atoms with Gasteiger partial charge in [0, 0.05) is 0 Å². The highest BCUT2D eigenvalue weighted by molar-refractivity contribution is 5.09. The molecule has 0 nitrogen and oxygen atoms in total. The molecule has 0 aromatic heterocycles. The highest BCUT2D eigenvalue weighted by atomic mass is 14.4. The quantitative estimate of drug-likeness (QED) is 0.576. The van der Waals surface area contributed by atoms with Crippen molar-refractivity contribution in [2.24, 2.45) is 29.6 Å². The zero-order chi connectivity index (χ0) is 11.6. The molecule has 0 aromatic rings. The summed E-state index contributed by atoms with van der Waals surface area (Å²) in [6.07, 6.45) is 3.97. The highest BCUT2D eigenvalue weighted by Gasteiger charge is 2.33. The number of allylic oxidation sites excluding steroid dienone is 1.